The van der Waals surface area contributed by atoms with E-state index < -0.39 is 12.1 Å². The number of ether oxygens (including phenoxy) is 3. The molecule has 15 heteroatoms. The van der Waals surface area contributed by atoms with Gasteiger partial charge in [0.1, 0.15) is 36.4 Å². The smallest absolute Gasteiger partial charge is 0.435 e. The van der Waals surface area contributed by atoms with Crippen molar-refractivity contribution in [2.75, 3.05) is 23.9 Å². The molecule has 0 radical (unpaired) electrons. The van der Waals surface area contributed by atoms with Gasteiger partial charge in [0.05, 0.1) is 53.9 Å². The molecule has 0 saturated heterocycles. The Morgan fingerprint density at radius 3 is 2.30 bits per heavy atom. The van der Waals surface area contributed by atoms with Crippen molar-refractivity contribution in [1.29, 1.82) is 0 Å². The van der Waals surface area contributed by atoms with Gasteiger partial charge in [-0.05, 0) is 93.1 Å². The topological polar surface area (TPSA) is 189 Å². The Balaban J connectivity index is 1.07. The number of rotatable bonds is 14. The molecule has 3 aromatic heterocycles. The maximum atomic E-state index is 14.0. The third kappa shape index (κ3) is 9.94. The molecule has 2 amide bonds. The molecule has 6 rings (SSSR count). The Bertz CT molecular complexity index is 2410. The molecule has 3 aromatic carbocycles. The highest BCUT2D eigenvalue weighted by Gasteiger charge is 2.22. The first kappa shape index (κ1) is 39.5. The summed E-state index contributed by atoms with van der Waals surface area (Å²) < 4.78 is 17.8. The van der Waals surface area contributed by atoms with Crippen molar-refractivity contribution in [2.45, 2.75) is 47.0 Å². The lowest BCUT2D eigenvalue weighted by molar-refractivity contribution is -0.144. The third-order valence-electron chi connectivity index (χ3n) is 9.24. The van der Waals surface area contributed by atoms with Crippen LogP contribution in [-0.2, 0) is 41.1 Å². The van der Waals surface area contributed by atoms with Gasteiger partial charge in [0.15, 0.2) is 0 Å². The van der Waals surface area contributed by atoms with Crippen molar-refractivity contribution in [3.05, 3.63) is 136 Å². The van der Waals surface area contributed by atoms with Crippen LogP contribution in [0.15, 0.2) is 96.1 Å². The molecule has 0 saturated carbocycles. The maximum Gasteiger partial charge on any atom is 0.435 e. The van der Waals surface area contributed by atoms with Gasteiger partial charge >= 0.3 is 12.1 Å². The first-order valence-electron chi connectivity index (χ1n) is 18.1. The zero-order valence-electron chi connectivity index (χ0n) is 32.4. The lowest BCUT2D eigenvalue weighted by atomic mass is 10.1. The molecule has 292 valence electrons. The number of amides is 2. The van der Waals surface area contributed by atoms with Crippen LogP contribution in [0, 0.1) is 20.8 Å². The lowest BCUT2D eigenvalue weighted by Gasteiger charge is -2.21. The highest BCUT2D eigenvalue weighted by molar-refractivity contribution is 6.07. The van der Waals surface area contributed by atoms with Crippen molar-refractivity contribution < 1.29 is 28.6 Å². The van der Waals surface area contributed by atoms with Gasteiger partial charge in [-0.3, -0.25) is 24.5 Å². The summed E-state index contributed by atoms with van der Waals surface area (Å²) in [5.41, 5.74) is 13.0. The number of hydrogen-bond acceptors (Lipinski definition) is 11. The fourth-order valence-electron chi connectivity index (χ4n) is 5.85. The van der Waals surface area contributed by atoms with Gasteiger partial charge in [0.2, 0.25) is 0 Å². The van der Waals surface area contributed by atoms with Gasteiger partial charge in [0.25, 0.3) is 5.91 Å². The molecule has 0 spiro atoms. The minimum atomic E-state index is -0.794. The van der Waals surface area contributed by atoms with Crippen molar-refractivity contribution >= 4 is 46.3 Å². The van der Waals surface area contributed by atoms with Crippen molar-refractivity contribution in [1.82, 2.24) is 24.5 Å². The Morgan fingerprint density at radius 1 is 0.842 bits per heavy atom. The molecular weight excluding hydrogens is 727 g/mol. The molecule has 0 aliphatic carbocycles. The Morgan fingerprint density at radius 2 is 1.58 bits per heavy atom. The molecule has 15 nitrogen and oxygen atoms in total. The minimum absolute atomic E-state index is 0.0101. The number of imidazole rings is 1. The zero-order valence-corrected chi connectivity index (χ0v) is 32.4. The number of nitrogens with one attached hydrogen (secondary N) is 1. The van der Waals surface area contributed by atoms with Crippen LogP contribution >= 0.6 is 0 Å². The molecule has 0 bridgehead atoms. The van der Waals surface area contributed by atoms with E-state index in [0.717, 1.165) is 34.0 Å². The minimum Gasteiger partial charge on any atom is -0.497 e. The van der Waals surface area contributed by atoms with Crippen LogP contribution in [0.4, 0.5) is 16.3 Å². The predicted octanol–water partition coefficient (Wildman–Crippen LogP) is 6.13. The van der Waals surface area contributed by atoms with Crippen LogP contribution < -0.4 is 20.7 Å². The average Bonchev–Trinajstić information content (AvgIpc) is 3.54. The summed E-state index contributed by atoms with van der Waals surface area (Å²) in [5, 5.41) is 3.35. The van der Waals surface area contributed by atoms with Gasteiger partial charge in [-0.2, -0.15) is 4.99 Å². The number of nitrogens with two attached hydrogens (primary N) is 1. The van der Waals surface area contributed by atoms with Gasteiger partial charge in [0, 0.05) is 36.6 Å². The fourth-order valence-corrected chi connectivity index (χ4v) is 5.85. The molecule has 0 unspecified atom stereocenters. The van der Waals surface area contributed by atoms with Crippen LogP contribution in [0.25, 0.3) is 11.0 Å². The number of fused-ring (bicyclic) bond motifs is 1. The molecule has 0 atom stereocenters. The van der Waals surface area contributed by atoms with Crippen molar-refractivity contribution in [3.63, 3.8) is 0 Å². The van der Waals surface area contributed by atoms with Crippen molar-refractivity contribution in [2.24, 2.45) is 17.8 Å². The van der Waals surface area contributed by atoms with Crippen LogP contribution in [0.5, 0.6) is 5.75 Å². The molecular formula is C42H43N9O6. The Hall–Kier alpha value is -7.16. The van der Waals surface area contributed by atoms with Crippen molar-refractivity contribution in [3.8, 4) is 5.75 Å². The first-order chi connectivity index (χ1) is 27.5. The molecule has 3 heterocycles. The normalized spacial score (nSPS) is 11.3. The van der Waals surface area contributed by atoms with Gasteiger partial charge in [-0.15, -0.1) is 0 Å². The molecule has 3 N–H and O–H groups in total. The molecule has 0 aliphatic heterocycles. The van der Waals surface area contributed by atoms with Crippen LogP contribution in [-0.4, -0.2) is 62.0 Å². The average molecular weight is 770 g/mol. The number of aryl methyl sites for hydroxylation is 4. The highest BCUT2D eigenvalue weighted by atomic mass is 16.5. The van der Waals surface area contributed by atoms with E-state index in [4.69, 9.17) is 24.9 Å². The number of benzene rings is 3. The number of carbonyl (C=O) groups excluding carboxylic acids is 3. The number of methoxy groups -OCH3 is 1. The number of aliphatic imine (C=N–C) groups is 1. The van der Waals surface area contributed by atoms with E-state index in [0.29, 0.717) is 46.1 Å². The lowest BCUT2D eigenvalue weighted by Crippen LogP contribution is -2.34. The van der Waals surface area contributed by atoms with E-state index in [1.807, 2.05) is 50.6 Å². The molecule has 0 fully saturated rings. The largest absolute Gasteiger partial charge is 0.497 e. The summed E-state index contributed by atoms with van der Waals surface area (Å²) >= 11 is 0. The quantitative estimate of drug-likeness (QED) is 0.0734. The van der Waals surface area contributed by atoms with Crippen LogP contribution in [0.2, 0.25) is 0 Å². The number of nitrogens with zero attached hydrogens (tertiary/aromatic N) is 7. The predicted molar refractivity (Wildman–Crippen MR) is 215 cm³/mol. The number of hydrogen-bond donors (Lipinski definition) is 2. The standard InChI is InChI=1S/C42H43N9O6/c1-26-27(2)47-35(28(3)46-26)25-56-39(52)19-21-51(37-8-6-7-20-44-37)41(53)31-13-18-36-34(22-31)48-38(50(36)4)23-45-32-14-11-30(12-15-32)40(43)49-42(54)57-24-29-9-16-33(55-5)17-10-29/h6-18,20,22,45H,19,21,23-25H2,1-5H3,(H2,43,49,54). The van der Waals surface area contributed by atoms with E-state index in [1.54, 1.807) is 80.0 Å². The van der Waals surface area contributed by atoms with E-state index in [9.17, 15) is 14.4 Å². The van der Waals surface area contributed by atoms with Gasteiger partial charge in [-0.25, -0.2) is 14.8 Å². The maximum absolute atomic E-state index is 14.0. The van der Waals surface area contributed by atoms with Gasteiger partial charge < -0.3 is 29.8 Å². The van der Waals surface area contributed by atoms with E-state index in [2.05, 4.69) is 25.3 Å². The van der Waals surface area contributed by atoms with E-state index in [1.165, 1.54) is 4.90 Å². The van der Waals surface area contributed by atoms with Gasteiger partial charge in [-0.1, -0.05) is 18.2 Å². The molecule has 57 heavy (non-hydrogen) atoms. The number of pyridine rings is 1. The second kappa shape index (κ2) is 18.0. The summed E-state index contributed by atoms with van der Waals surface area (Å²) in [6.07, 6.45) is 0.742. The Kier molecular flexibility index (Phi) is 12.5. The second-order valence-corrected chi connectivity index (χ2v) is 13.1. The summed E-state index contributed by atoms with van der Waals surface area (Å²) in [7, 11) is 3.48. The summed E-state index contributed by atoms with van der Waals surface area (Å²) in [6.45, 7) is 6.03. The number of anilines is 2. The van der Waals surface area contributed by atoms with Crippen LogP contribution in [0.1, 0.15) is 56.5 Å². The highest BCUT2D eigenvalue weighted by Crippen LogP contribution is 2.22. The molecule has 0 aliphatic rings. The summed E-state index contributed by atoms with van der Waals surface area (Å²) in [4.78, 5) is 62.5. The SMILES string of the molecule is COc1ccc(COC(=O)/N=C(\N)c2ccc(NCc3nc4cc(C(=O)N(CCC(=O)OCc5nc(C)c(C)nc5C)c5ccccn5)ccc4n3C)cc2)cc1. The monoisotopic (exact) mass is 769 g/mol. The number of carbonyl (C=O) groups is 3. The number of esters is 1. The zero-order chi connectivity index (χ0) is 40.5. The van der Waals surface area contributed by atoms with E-state index >= 15 is 0 Å². The summed E-state index contributed by atoms with van der Waals surface area (Å²) in [5.74, 6) is 1.05. The second-order valence-electron chi connectivity index (χ2n) is 13.1. The number of amidine groups is 1. The third-order valence-corrected chi connectivity index (χ3v) is 9.24. The molecule has 6 aromatic rings. The first-order valence-corrected chi connectivity index (χ1v) is 18.1. The fraction of sp³-hybridized carbons (Fsp3) is 0.238. The van der Waals surface area contributed by atoms with E-state index in [-0.39, 0.29) is 37.9 Å². The number of aromatic nitrogens is 5. The summed E-state index contributed by atoms with van der Waals surface area (Å²) in [6, 6.07) is 24.9. The van der Waals surface area contributed by atoms with Crippen LogP contribution in [0.3, 0.4) is 0 Å². The Labute approximate surface area is 329 Å².